The van der Waals surface area contributed by atoms with Crippen LogP contribution in [0, 0.1) is 0 Å². The highest BCUT2D eigenvalue weighted by molar-refractivity contribution is 6.23. The lowest BCUT2D eigenvalue weighted by Gasteiger charge is -2.38. The van der Waals surface area contributed by atoms with E-state index in [2.05, 4.69) is 81.5 Å². The first-order valence-corrected chi connectivity index (χ1v) is 20.0. The van der Waals surface area contributed by atoms with Crippen LogP contribution in [-0.2, 0) is 9.59 Å². The van der Waals surface area contributed by atoms with E-state index in [4.69, 9.17) is 0 Å². The molecule has 0 aromatic heterocycles. The molecule has 4 aliphatic heterocycles. The lowest BCUT2D eigenvalue weighted by atomic mass is 9.85. The zero-order valence-electron chi connectivity index (χ0n) is 32.0. The third-order valence-electron chi connectivity index (χ3n) is 12.1. The van der Waals surface area contributed by atoms with Crippen LogP contribution in [0.5, 0.6) is 5.75 Å². The van der Waals surface area contributed by atoms with E-state index in [1.165, 1.54) is 27.8 Å². The molecule has 2 N–H and O–H groups in total. The fraction of sp³-hybridized carbons (Fsp3) is 0.348. The van der Waals surface area contributed by atoms with Gasteiger partial charge in [0.2, 0.25) is 11.8 Å². The number of carbonyl (C=O) groups excluding carboxylic acids is 4. The third kappa shape index (κ3) is 7.63. The van der Waals surface area contributed by atoms with Crippen molar-refractivity contribution in [3.8, 4) is 5.75 Å². The Labute approximate surface area is 328 Å². The van der Waals surface area contributed by atoms with E-state index >= 15 is 0 Å². The topological polar surface area (TPSA) is 114 Å². The van der Waals surface area contributed by atoms with E-state index in [0.29, 0.717) is 17.0 Å². The molecule has 4 aliphatic rings. The Bertz CT molecular complexity index is 2130. The van der Waals surface area contributed by atoms with E-state index in [-0.39, 0.29) is 24.5 Å². The van der Waals surface area contributed by atoms with E-state index in [9.17, 15) is 24.3 Å². The van der Waals surface area contributed by atoms with Crippen molar-refractivity contribution in [2.45, 2.75) is 51.0 Å². The molecule has 4 heterocycles. The zero-order valence-corrected chi connectivity index (χ0v) is 32.0. The van der Waals surface area contributed by atoms with Crippen LogP contribution in [0.15, 0.2) is 97.1 Å². The minimum atomic E-state index is -0.960. The molecule has 1 unspecified atom stereocenters. The molecule has 3 fully saturated rings. The van der Waals surface area contributed by atoms with Crippen molar-refractivity contribution in [2.24, 2.45) is 0 Å². The highest BCUT2D eigenvalue weighted by Gasteiger charge is 2.44. The van der Waals surface area contributed by atoms with Crippen LogP contribution >= 0.6 is 0 Å². The third-order valence-corrected chi connectivity index (χ3v) is 12.1. The second kappa shape index (κ2) is 16.3. The Hall–Kier alpha value is -5.58. The maximum atomic E-state index is 13.3. The first-order chi connectivity index (χ1) is 27.3. The van der Waals surface area contributed by atoms with Gasteiger partial charge in [0, 0.05) is 51.4 Å². The summed E-state index contributed by atoms with van der Waals surface area (Å²) in [7, 11) is 0. The molecule has 4 aromatic rings. The number of likely N-dealkylation sites (tertiary alicyclic amines) is 1. The molecule has 3 saturated heterocycles. The summed E-state index contributed by atoms with van der Waals surface area (Å²) in [6, 6.07) is 31.7. The Morgan fingerprint density at radius 3 is 1.95 bits per heavy atom. The summed E-state index contributed by atoms with van der Waals surface area (Å²) in [5, 5.41) is 12.3. The van der Waals surface area contributed by atoms with Gasteiger partial charge in [-0.2, -0.15) is 0 Å². The number of phenols is 1. The van der Waals surface area contributed by atoms with Gasteiger partial charge in [-0.15, -0.1) is 0 Å². The van der Waals surface area contributed by atoms with Crippen molar-refractivity contribution in [1.29, 1.82) is 0 Å². The largest absolute Gasteiger partial charge is 0.508 e. The number of imide groups is 2. The van der Waals surface area contributed by atoms with Gasteiger partial charge in [0.1, 0.15) is 11.8 Å². The summed E-state index contributed by atoms with van der Waals surface area (Å²) < 4.78 is 0. The number of rotatable bonds is 10. The number of piperidine rings is 2. The van der Waals surface area contributed by atoms with Crippen LogP contribution in [0.2, 0.25) is 0 Å². The number of nitrogens with zero attached hydrogens (tertiary/aromatic N) is 4. The van der Waals surface area contributed by atoms with Gasteiger partial charge in [-0.05, 0) is 108 Å². The molecule has 10 heteroatoms. The number of hydrogen-bond acceptors (Lipinski definition) is 8. The van der Waals surface area contributed by atoms with Crippen LogP contribution in [0.4, 0.5) is 5.69 Å². The molecule has 0 saturated carbocycles. The Kier molecular flexibility index (Phi) is 10.8. The molecule has 8 rings (SSSR count). The Balaban J connectivity index is 0.833. The number of piperazine rings is 1. The van der Waals surface area contributed by atoms with Gasteiger partial charge >= 0.3 is 0 Å². The van der Waals surface area contributed by atoms with Crippen molar-refractivity contribution < 1.29 is 24.3 Å². The number of anilines is 1. The molecule has 0 radical (unpaired) electrons. The smallest absolute Gasteiger partial charge is 0.262 e. The first-order valence-electron chi connectivity index (χ1n) is 20.0. The molecule has 0 aliphatic carbocycles. The number of allylic oxidation sites excluding steroid dienone is 1. The van der Waals surface area contributed by atoms with Crippen molar-refractivity contribution >= 4 is 40.5 Å². The van der Waals surface area contributed by atoms with Crippen molar-refractivity contribution in [3.63, 3.8) is 0 Å². The van der Waals surface area contributed by atoms with E-state index in [1.807, 2.05) is 18.2 Å². The number of benzene rings is 4. The maximum Gasteiger partial charge on any atom is 0.262 e. The van der Waals surface area contributed by atoms with Crippen LogP contribution in [0.1, 0.15) is 87.9 Å². The number of amides is 4. The monoisotopic (exact) mass is 751 g/mol. The number of hydrogen-bond donors (Lipinski definition) is 2. The van der Waals surface area contributed by atoms with Crippen molar-refractivity contribution in [1.82, 2.24) is 20.0 Å². The molecule has 0 spiro atoms. The van der Waals surface area contributed by atoms with Gasteiger partial charge in [-0.25, -0.2) is 0 Å². The lowest BCUT2D eigenvalue weighted by molar-refractivity contribution is -0.136. The zero-order chi connectivity index (χ0) is 38.8. The molecule has 288 valence electrons. The number of fused-ring (bicyclic) bond motifs is 1. The lowest BCUT2D eigenvalue weighted by Crippen LogP contribution is -2.54. The van der Waals surface area contributed by atoms with E-state index in [1.54, 1.807) is 24.3 Å². The van der Waals surface area contributed by atoms with Gasteiger partial charge in [0.15, 0.2) is 0 Å². The van der Waals surface area contributed by atoms with Crippen molar-refractivity contribution in [2.75, 3.05) is 57.3 Å². The second-order valence-corrected chi connectivity index (χ2v) is 15.4. The van der Waals surface area contributed by atoms with Crippen LogP contribution < -0.4 is 10.2 Å². The van der Waals surface area contributed by atoms with Gasteiger partial charge in [-0.3, -0.25) is 34.3 Å². The molecule has 56 heavy (non-hydrogen) atoms. The van der Waals surface area contributed by atoms with Crippen LogP contribution in [0.3, 0.4) is 0 Å². The van der Waals surface area contributed by atoms with E-state index < -0.39 is 23.8 Å². The maximum absolute atomic E-state index is 13.3. The Morgan fingerprint density at radius 1 is 0.679 bits per heavy atom. The minimum Gasteiger partial charge on any atom is -0.508 e. The highest BCUT2D eigenvalue weighted by atomic mass is 16.3. The quantitative estimate of drug-likeness (QED) is 0.146. The second-order valence-electron chi connectivity index (χ2n) is 15.4. The summed E-state index contributed by atoms with van der Waals surface area (Å²) in [4.78, 5) is 58.9. The molecule has 4 aromatic carbocycles. The molecule has 1 atom stereocenters. The van der Waals surface area contributed by atoms with Gasteiger partial charge in [0.25, 0.3) is 11.8 Å². The number of carbonyl (C=O) groups is 4. The fourth-order valence-corrected chi connectivity index (χ4v) is 8.89. The normalized spacial score (nSPS) is 20.3. The van der Waals surface area contributed by atoms with Crippen molar-refractivity contribution in [3.05, 3.63) is 130 Å². The van der Waals surface area contributed by atoms with E-state index in [0.717, 1.165) is 87.8 Å². The SMILES string of the molecule is CC/C(=C(\c1ccc(O)cc1)c1ccc(C2CCN(CCN3CCN(c4ccc5c(c4)C(=O)N(C4CCC(=O)NC4=O)C5=O)CC3)CC2)cc1)c1ccccc1. The summed E-state index contributed by atoms with van der Waals surface area (Å²) in [6.45, 7) is 9.90. The summed E-state index contributed by atoms with van der Waals surface area (Å²) in [5.74, 6) is -1.12. The summed E-state index contributed by atoms with van der Waals surface area (Å²) in [5.41, 5.74) is 8.93. The van der Waals surface area contributed by atoms with Crippen LogP contribution in [-0.4, -0.2) is 102 Å². The molecule has 0 bridgehead atoms. The fourth-order valence-electron chi connectivity index (χ4n) is 8.89. The summed E-state index contributed by atoms with van der Waals surface area (Å²) >= 11 is 0. The standard InChI is InChI=1S/C46H49N5O5/c1-2-38(33-6-4-3-5-7-33)43(35-12-15-37(52)16-13-35)34-10-8-31(9-11-34)32-20-22-48(23-21-32)24-25-49-26-28-50(29-27-49)36-14-17-39-40(30-36)46(56)51(45(39)55)41-18-19-42(53)47-44(41)54/h3-17,30,32,41,52H,2,18-29H2,1H3,(H,47,53,54)/b43-38+. The first kappa shape index (κ1) is 37.3. The molecule has 10 nitrogen and oxygen atoms in total. The van der Waals surface area contributed by atoms with Gasteiger partial charge in [-0.1, -0.05) is 73.7 Å². The average molecular weight is 752 g/mol. The number of phenolic OH excluding ortho intramolecular Hbond substituents is 1. The van der Waals surface area contributed by atoms with Gasteiger partial charge < -0.3 is 14.9 Å². The molecular weight excluding hydrogens is 703 g/mol. The minimum absolute atomic E-state index is 0.103. The van der Waals surface area contributed by atoms with Crippen LogP contribution in [0.25, 0.3) is 11.1 Å². The predicted molar refractivity (Wildman–Crippen MR) is 217 cm³/mol. The Morgan fingerprint density at radius 2 is 1.30 bits per heavy atom. The van der Waals surface area contributed by atoms with Gasteiger partial charge in [0.05, 0.1) is 11.1 Å². The highest BCUT2D eigenvalue weighted by Crippen LogP contribution is 2.37. The molecular formula is C46H49N5O5. The summed E-state index contributed by atoms with van der Waals surface area (Å²) in [6.07, 6.45) is 3.42. The number of aromatic hydroxyl groups is 1. The number of nitrogens with one attached hydrogen (secondary N) is 1. The average Bonchev–Trinajstić information content (AvgIpc) is 3.48. The predicted octanol–water partition coefficient (Wildman–Crippen LogP) is 6.16. The molecule has 4 amide bonds.